The predicted molar refractivity (Wildman–Crippen MR) is 73.5 cm³/mol. The molecule has 0 amide bonds. The summed E-state index contributed by atoms with van der Waals surface area (Å²) in [7, 11) is 1.98. The SMILES string of the molecule is CCc1cc(CC2(O)CCCC(C)(C)C2)n(C)n1. The van der Waals surface area contributed by atoms with E-state index in [0.717, 1.165) is 43.5 Å². The van der Waals surface area contributed by atoms with E-state index in [1.165, 1.54) is 6.42 Å². The molecule has 1 aromatic heterocycles. The van der Waals surface area contributed by atoms with E-state index in [2.05, 4.69) is 31.9 Å². The summed E-state index contributed by atoms with van der Waals surface area (Å²) < 4.78 is 1.93. The molecule has 1 N–H and O–H groups in total. The van der Waals surface area contributed by atoms with E-state index in [0.29, 0.717) is 0 Å². The maximum atomic E-state index is 10.8. The summed E-state index contributed by atoms with van der Waals surface area (Å²) >= 11 is 0. The van der Waals surface area contributed by atoms with Crippen molar-refractivity contribution in [1.82, 2.24) is 9.78 Å². The largest absolute Gasteiger partial charge is 0.389 e. The smallest absolute Gasteiger partial charge is 0.0708 e. The van der Waals surface area contributed by atoms with Gasteiger partial charge < -0.3 is 5.11 Å². The van der Waals surface area contributed by atoms with Crippen LogP contribution in [0.15, 0.2) is 6.07 Å². The lowest BCUT2D eigenvalue weighted by molar-refractivity contribution is -0.0394. The van der Waals surface area contributed by atoms with Crippen molar-refractivity contribution in [1.29, 1.82) is 0 Å². The van der Waals surface area contributed by atoms with Crippen molar-refractivity contribution in [3.63, 3.8) is 0 Å². The van der Waals surface area contributed by atoms with Gasteiger partial charge in [0.05, 0.1) is 11.3 Å². The Morgan fingerprint density at radius 1 is 1.39 bits per heavy atom. The summed E-state index contributed by atoms with van der Waals surface area (Å²) in [6.07, 6.45) is 5.86. The molecular weight excluding hydrogens is 224 g/mol. The first kappa shape index (κ1) is 13.6. The molecule has 102 valence electrons. The van der Waals surface area contributed by atoms with Crippen molar-refractivity contribution in [2.45, 2.75) is 64.9 Å². The zero-order valence-corrected chi connectivity index (χ0v) is 12.2. The molecule has 3 nitrogen and oxygen atoms in total. The van der Waals surface area contributed by atoms with Gasteiger partial charge in [0.2, 0.25) is 0 Å². The van der Waals surface area contributed by atoms with Crippen molar-refractivity contribution in [2.75, 3.05) is 0 Å². The van der Waals surface area contributed by atoms with Gasteiger partial charge in [-0.2, -0.15) is 5.10 Å². The standard InChI is InChI=1S/C15H26N2O/c1-5-12-9-13(17(4)16-12)10-15(18)8-6-7-14(2,3)11-15/h9,18H,5-8,10-11H2,1-4H3. The molecule has 0 aliphatic heterocycles. The number of nitrogens with zero attached hydrogens (tertiary/aromatic N) is 2. The van der Waals surface area contributed by atoms with Crippen LogP contribution in [0.5, 0.6) is 0 Å². The molecule has 18 heavy (non-hydrogen) atoms. The highest BCUT2D eigenvalue weighted by Gasteiger charge is 2.38. The van der Waals surface area contributed by atoms with Gasteiger partial charge >= 0.3 is 0 Å². The van der Waals surface area contributed by atoms with Crippen molar-refractivity contribution in [3.8, 4) is 0 Å². The number of aromatic nitrogens is 2. The topological polar surface area (TPSA) is 38.0 Å². The summed E-state index contributed by atoms with van der Waals surface area (Å²) in [5, 5.41) is 15.3. The van der Waals surface area contributed by atoms with Crippen LogP contribution in [0.1, 0.15) is 57.8 Å². The monoisotopic (exact) mass is 250 g/mol. The molecule has 1 aliphatic rings. The van der Waals surface area contributed by atoms with Crippen molar-refractivity contribution in [3.05, 3.63) is 17.5 Å². The molecule has 1 atom stereocenters. The molecule has 1 fully saturated rings. The third-order valence-corrected chi connectivity index (χ3v) is 4.20. The van der Waals surface area contributed by atoms with Crippen LogP contribution in [0.4, 0.5) is 0 Å². The van der Waals surface area contributed by atoms with E-state index >= 15 is 0 Å². The summed E-state index contributed by atoms with van der Waals surface area (Å²) in [6, 6.07) is 2.14. The molecule has 0 aromatic carbocycles. The van der Waals surface area contributed by atoms with Gasteiger partial charge in [-0.25, -0.2) is 0 Å². The molecule has 2 rings (SSSR count). The van der Waals surface area contributed by atoms with E-state index in [1.807, 2.05) is 11.7 Å². The predicted octanol–water partition coefficient (Wildman–Crippen LogP) is 2.86. The minimum atomic E-state index is -0.541. The Hall–Kier alpha value is -0.830. The maximum Gasteiger partial charge on any atom is 0.0708 e. The van der Waals surface area contributed by atoms with E-state index in [1.54, 1.807) is 0 Å². The molecule has 1 unspecified atom stereocenters. The molecule has 1 heterocycles. The second-order valence-electron chi connectivity index (χ2n) is 6.70. The number of aliphatic hydroxyl groups is 1. The summed E-state index contributed by atoms with van der Waals surface area (Å²) in [4.78, 5) is 0. The maximum absolute atomic E-state index is 10.8. The van der Waals surface area contributed by atoms with Gasteiger partial charge in [0, 0.05) is 19.2 Å². The quantitative estimate of drug-likeness (QED) is 0.895. The fraction of sp³-hybridized carbons (Fsp3) is 0.800. The Kier molecular flexibility index (Phi) is 3.54. The highest BCUT2D eigenvalue weighted by molar-refractivity contribution is 5.13. The minimum Gasteiger partial charge on any atom is -0.389 e. The minimum absolute atomic E-state index is 0.263. The van der Waals surface area contributed by atoms with Gasteiger partial charge in [-0.15, -0.1) is 0 Å². The Bertz CT molecular complexity index is 422. The van der Waals surface area contributed by atoms with Gasteiger partial charge in [0.1, 0.15) is 0 Å². The summed E-state index contributed by atoms with van der Waals surface area (Å²) in [6.45, 7) is 6.64. The molecule has 3 heteroatoms. The van der Waals surface area contributed by atoms with E-state index < -0.39 is 5.60 Å². The van der Waals surface area contributed by atoms with E-state index in [4.69, 9.17) is 0 Å². The Labute approximate surface area is 110 Å². The lowest BCUT2D eigenvalue weighted by Gasteiger charge is -2.41. The van der Waals surface area contributed by atoms with Gasteiger partial charge in [0.15, 0.2) is 0 Å². The zero-order chi connectivity index (χ0) is 13.4. The van der Waals surface area contributed by atoms with Gasteiger partial charge in [-0.3, -0.25) is 4.68 Å². The molecule has 1 aliphatic carbocycles. The average Bonchev–Trinajstić information content (AvgIpc) is 2.57. The Morgan fingerprint density at radius 3 is 2.67 bits per heavy atom. The fourth-order valence-electron chi connectivity index (χ4n) is 3.36. The number of aryl methyl sites for hydroxylation is 2. The average molecular weight is 250 g/mol. The van der Waals surface area contributed by atoms with Crippen LogP contribution >= 0.6 is 0 Å². The second kappa shape index (κ2) is 4.69. The zero-order valence-electron chi connectivity index (χ0n) is 12.2. The van der Waals surface area contributed by atoms with Gasteiger partial charge in [-0.05, 0) is 37.2 Å². The summed E-state index contributed by atoms with van der Waals surface area (Å²) in [5.41, 5.74) is 2.00. The van der Waals surface area contributed by atoms with Crippen molar-refractivity contribution < 1.29 is 5.11 Å². The van der Waals surface area contributed by atoms with Crippen LogP contribution in [0, 0.1) is 5.41 Å². The first-order chi connectivity index (χ1) is 8.34. The van der Waals surface area contributed by atoms with Crippen LogP contribution in [0.25, 0.3) is 0 Å². The molecule has 0 bridgehead atoms. The molecule has 0 spiro atoms. The number of hydrogen-bond donors (Lipinski definition) is 1. The lowest BCUT2D eigenvalue weighted by atomic mass is 9.68. The van der Waals surface area contributed by atoms with Gasteiger partial charge in [-0.1, -0.05) is 27.2 Å². The first-order valence-corrected chi connectivity index (χ1v) is 7.08. The number of hydrogen-bond acceptors (Lipinski definition) is 2. The number of rotatable bonds is 3. The van der Waals surface area contributed by atoms with E-state index in [9.17, 15) is 5.11 Å². The fourth-order valence-corrected chi connectivity index (χ4v) is 3.36. The first-order valence-electron chi connectivity index (χ1n) is 7.08. The Balaban J connectivity index is 2.14. The molecule has 0 saturated heterocycles. The van der Waals surface area contributed by atoms with E-state index in [-0.39, 0.29) is 5.41 Å². The van der Waals surface area contributed by atoms with Gasteiger partial charge in [0.25, 0.3) is 0 Å². The van der Waals surface area contributed by atoms with Crippen molar-refractivity contribution >= 4 is 0 Å². The molecule has 0 radical (unpaired) electrons. The van der Waals surface area contributed by atoms with Crippen molar-refractivity contribution in [2.24, 2.45) is 12.5 Å². The third-order valence-electron chi connectivity index (χ3n) is 4.20. The Morgan fingerprint density at radius 2 is 2.11 bits per heavy atom. The van der Waals surface area contributed by atoms with Crippen LogP contribution in [-0.4, -0.2) is 20.5 Å². The third kappa shape index (κ3) is 2.94. The van der Waals surface area contributed by atoms with Crippen LogP contribution in [-0.2, 0) is 19.9 Å². The summed E-state index contributed by atoms with van der Waals surface area (Å²) in [5.74, 6) is 0. The molecule has 1 saturated carbocycles. The second-order valence-corrected chi connectivity index (χ2v) is 6.70. The highest BCUT2D eigenvalue weighted by atomic mass is 16.3. The van der Waals surface area contributed by atoms with Crippen LogP contribution in [0.3, 0.4) is 0 Å². The molecule has 1 aromatic rings. The van der Waals surface area contributed by atoms with Crippen LogP contribution < -0.4 is 0 Å². The normalized spacial score (nSPS) is 27.4. The molecular formula is C15H26N2O. The van der Waals surface area contributed by atoms with Crippen LogP contribution in [0.2, 0.25) is 0 Å². The highest BCUT2D eigenvalue weighted by Crippen LogP contribution is 2.42. The lowest BCUT2D eigenvalue weighted by Crippen LogP contribution is -2.41.